The molecule has 1 aliphatic heterocycles. The Balaban J connectivity index is 2.70. The summed E-state index contributed by atoms with van der Waals surface area (Å²) in [6.07, 6.45) is -7.05. The first-order valence-corrected chi connectivity index (χ1v) is 5.33. The van der Waals surface area contributed by atoms with E-state index in [9.17, 15) is 24.9 Å². The predicted molar refractivity (Wildman–Crippen MR) is 55.1 cm³/mol. The van der Waals surface area contributed by atoms with Gasteiger partial charge in [0.05, 0.1) is 0 Å². The maximum absolute atomic E-state index is 10.8. The van der Waals surface area contributed by atoms with Crippen LogP contribution in [0.4, 0.5) is 0 Å². The minimum absolute atomic E-state index is 0.321. The van der Waals surface area contributed by atoms with Crippen LogP contribution in [0.25, 0.3) is 0 Å². The lowest BCUT2D eigenvalue weighted by Crippen LogP contribution is -2.60. The van der Waals surface area contributed by atoms with Crippen molar-refractivity contribution in [2.45, 2.75) is 44.6 Å². The van der Waals surface area contributed by atoms with Gasteiger partial charge in [0.25, 0.3) is 0 Å². The Labute approximate surface area is 103 Å². The number of hydrogen-bond acceptors (Lipinski definition) is 8. The molecule has 0 radical (unpaired) electrons. The molecule has 0 aromatic rings. The molecule has 1 saturated heterocycles. The van der Waals surface area contributed by atoms with Crippen LogP contribution < -0.4 is 0 Å². The van der Waals surface area contributed by atoms with Crippen molar-refractivity contribution in [1.29, 1.82) is 0 Å². The third kappa shape index (κ3) is 3.64. The molecule has 18 heavy (non-hydrogen) atoms. The second-order valence-corrected chi connectivity index (χ2v) is 3.92. The van der Waals surface area contributed by atoms with E-state index in [4.69, 9.17) is 9.47 Å². The maximum Gasteiger partial charge on any atom is 0.303 e. The zero-order chi connectivity index (χ0) is 13.9. The summed E-state index contributed by atoms with van der Waals surface area (Å²) in [5.41, 5.74) is 0. The van der Waals surface area contributed by atoms with Gasteiger partial charge in [0.2, 0.25) is 0 Å². The molecule has 0 amide bonds. The van der Waals surface area contributed by atoms with Gasteiger partial charge in [-0.05, 0) is 0 Å². The fourth-order valence-electron chi connectivity index (χ4n) is 1.58. The number of hydrogen-bond donors (Lipinski definition) is 3. The lowest BCUT2D eigenvalue weighted by molar-refractivity contribution is -0.290. The van der Waals surface area contributed by atoms with Crippen LogP contribution in [0.2, 0.25) is 0 Å². The van der Waals surface area contributed by atoms with E-state index in [1.54, 1.807) is 0 Å². The normalized spacial score (nSPS) is 35.9. The fourth-order valence-corrected chi connectivity index (χ4v) is 1.58. The SMILES string of the molecule is CC(=O)OC[C@H]1O[C@@H](O)[C@H](O)[C@@H](OC(C)=O)[C@@H]1O. The Morgan fingerprint density at radius 2 is 1.72 bits per heavy atom. The molecular formula is C10H16O8. The average Bonchev–Trinajstić information content (AvgIpc) is 2.27. The van der Waals surface area contributed by atoms with Gasteiger partial charge in [0.15, 0.2) is 12.4 Å². The Morgan fingerprint density at radius 3 is 2.22 bits per heavy atom. The summed E-state index contributed by atoms with van der Waals surface area (Å²) >= 11 is 0. The molecule has 1 fully saturated rings. The predicted octanol–water partition coefficient (Wildman–Crippen LogP) is -2.08. The number of aliphatic hydroxyl groups excluding tert-OH is 3. The quantitative estimate of drug-likeness (QED) is 0.496. The molecule has 1 heterocycles. The monoisotopic (exact) mass is 264 g/mol. The van der Waals surface area contributed by atoms with Crippen LogP contribution in [-0.2, 0) is 23.8 Å². The maximum atomic E-state index is 10.8. The second kappa shape index (κ2) is 6.10. The highest BCUT2D eigenvalue weighted by molar-refractivity contribution is 5.66. The standard InChI is InChI=1S/C10H16O8/c1-4(11)16-3-6-7(13)9(17-5(2)12)8(14)10(15)18-6/h6-10,13-15H,3H2,1-2H3/t6-,7-,8-,9+,10-/m1/s1. The molecule has 8 nitrogen and oxygen atoms in total. The van der Waals surface area contributed by atoms with E-state index in [0.717, 1.165) is 6.92 Å². The minimum Gasteiger partial charge on any atom is -0.463 e. The molecule has 5 atom stereocenters. The molecule has 0 aliphatic carbocycles. The van der Waals surface area contributed by atoms with Crippen molar-refractivity contribution in [3.8, 4) is 0 Å². The lowest BCUT2D eigenvalue weighted by Gasteiger charge is -2.39. The van der Waals surface area contributed by atoms with Crippen molar-refractivity contribution >= 4 is 11.9 Å². The first-order valence-electron chi connectivity index (χ1n) is 5.33. The van der Waals surface area contributed by atoms with E-state index in [0.29, 0.717) is 0 Å². The van der Waals surface area contributed by atoms with Gasteiger partial charge in [0.1, 0.15) is 24.9 Å². The van der Waals surface area contributed by atoms with Crippen LogP contribution in [-0.4, -0.2) is 64.6 Å². The Kier molecular flexibility index (Phi) is 5.03. The third-order valence-electron chi connectivity index (χ3n) is 2.41. The van der Waals surface area contributed by atoms with Gasteiger partial charge in [0, 0.05) is 13.8 Å². The number of carbonyl (C=O) groups is 2. The van der Waals surface area contributed by atoms with Gasteiger partial charge >= 0.3 is 11.9 Å². The summed E-state index contributed by atoms with van der Waals surface area (Å²) < 4.78 is 14.2. The van der Waals surface area contributed by atoms with Crippen molar-refractivity contribution in [2.24, 2.45) is 0 Å². The summed E-state index contributed by atoms with van der Waals surface area (Å²) in [6.45, 7) is 1.95. The molecule has 104 valence electrons. The van der Waals surface area contributed by atoms with Gasteiger partial charge < -0.3 is 29.5 Å². The highest BCUT2D eigenvalue weighted by Crippen LogP contribution is 2.22. The zero-order valence-corrected chi connectivity index (χ0v) is 9.98. The molecule has 0 saturated carbocycles. The van der Waals surface area contributed by atoms with Crippen LogP contribution in [0.1, 0.15) is 13.8 Å². The summed E-state index contributed by atoms with van der Waals surface area (Å²) in [4.78, 5) is 21.5. The third-order valence-corrected chi connectivity index (χ3v) is 2.41. The van der Waals surface area contributed by atoms with Crippen LogP contribution in [0.3, 0.4) is 0 Å². The molecule has 1 aliphatic rings. The lowest BCUT2D eigenvalue weighted by atomic mass is 9.99. The molecule has 1 rings (SSSR count). The van der Waals surface area contributed by atoms with E-state index >= 15 is 0 Å². The zero-order valence-electron chi connectivity index (χ0n) is 9.98. The first-order chi connectivity index (χ1) is 8.32. The molecule has 8 heteroatoms. The minimum atomic E-state index is -1.64. The van der Waals surface area contributed by atoms with E-state index in [-0.39, 0.29) is 6.61 Å². The first kappa shape index (κ1) is 14.8. The van der Waals surface area contributed by atoms with Crippen molar-refractivity contribution in [3.05, 3.63) is 0 Å². The van der Waals surface area contributed by atoms with E-state index in [1.807, 2.05) is 0 Å². The fraction of sp³-hybridized carbons (Fsp3) is 0.800. The Hall–Kier alpha value is -1.22. The average molecular weight is 264 g/mol. The highest BCUT2D eigenvalue weighted by Gasteiger charge is 2.46. The van der Waals surface area contributed by atoms with Crippen molar-refractivity contribution in [1.82, 2.24) is 0 Å². The van der Waals surface area contributed by atoms with Crippen molar-refractivity contribution < 1.29 is 39.1 Å². The number of carbonyl (C=O) groups excluding carboxylic acids is 2. The number of ether oxygens (including phenoxy) is 3. The van der Waals surface area contributed by atoms with E-state index in [2.05, 4.69) is 4.74 Å². The molecule has 0 unspecified atom stereocenters. The topological polar surface area (TPSA) is 123 Å². The van der Waals surface area contributed by atoms with E-state index in [1.165, 1.54) is 6.92 Å². The van der Waals surface area contributed by atoms with Crippen molar-refractivity contribution in [3.63, 3.8) is 0 Å². The van der Waals surface area contributed by atoms with Gasteiger partial charge in [-0.25, -0.2) is 0 Å². The summed E-state index contributed by atoms with van der Waals surface area (Å²) in [6, 6.07) is 0. The van der Waals surface area contributed by atoms with Crippen LogP contribution >= 0.6 is 0 Å². The molecule has 0 aromatic carbocycles. The van der Waals surface area contributed by atoms with E-state index < -0.39 is 42.6 Å². The number of esters is 2. The van der Waals surface area contributed by atoms with Crippen LogP contribution in [0.5, 0.6) is 0 Å². The highest BCUT2D eigenvalue weighted by atomic mass is 16.7. The Bertz CT molecular complexity index is 317. The number of aliphatic hydroxyl groups is 3. The smallest absolute Gasteiger partial charge is 0.303 e. The molecular weight excluding hydrogens is 248 g/mol. The summed E-state index contributed by atoms with van der Waals surface area (Å²) in [5.74, 6) is -1.31. The summed E-state index contributed by atoms with van der Waals surface area (Å²) in [5, 5.41) is 28.7. The van der Waals surface area contributed by atoms with Gasteiger partial charge in [-0.15, -0.1) is 0 Å². The van der Waals surface area contributed by atoms with Crippen LogP contribution in [0.15, 0.2) is 0 Å². The van der Waals surface area contributed by atoms with Gasteiger partial charge in [-0.3, -0.25) is 9.59 Å². The largest absolute Gasteiger partial charge is 0.463 e. The second-order valence-electron chi connectivity index (χ2n) is 3.92. The Morgan fingerprint density at radius 1 is 1.11 bits per heavy atom. The summed E-state index contributed by atoms with van der Waals surface area (Å²) in [7, 11) is 0. The molecule has 0 aromatic heterocycles. The molecule has 0 bridgehead atoms. The van der Waals surface area contributed by atoms with Gasteiger partial charge in [-0.2, -0.15) is 0 Å². The van der Waals surface area contributed by atoms with Crippen LogP contribution in [0, 0.1) is 0 Å². The van der Waals surface area contributed by atoms with Gasteiger partial charge in [-0.1, -0.05) is 0 Å². The van der Waals surface area contributed by atoms with Crippen molar-refractivity contribution in [2.75, 3.05) is 6.61 Å². The molecule has 0 spiro atoms. The number of rotatable bonds is 3. The molecule has 3 N–H and O–H groups in total.